The number of anilines is 2. The molecule has 0 spiro atoms. The Morgan fingerprint density at radius 1 is 1.06 bits per heavy atom. The van der Waals surface area contributed by atoms with Gasteiger partial charge in [-0.2, -0.15) is 10.6 Å². The van der Waals surface area contributed by atoms with Gasteiger partial charge in [-0.15, -0.1) is 0 Å². The van der Waals surface area contributed by atoms with Gasteiger partial charge < -0.3 is 19.5 Å². The van der Waals surface area contributed by atoms with E-state index in [2.05, 4.69) is 18.7 Å². The third-order valence-electron chi connectivity index (χ3n) is 6.43. The fourth-order valence-corrected chi connectivity index (χ4v) is 6.94. The molecular weight excluding hydrogens is 454 g/mol. The molecule has 8 heteroatoms. The first-order valence-electron chi connectivity index (χ1n) is 11.9. The van der Waals surface area contributed by atoms with Gasteiger partial charge in [0.05, 0.1) is 17.7 Å². The third-order valence-corrected chi connectivity index (χ3v) is 8.48. The Morgan fingerprint density at radius 2 is 1.71 bits per heavy atom. The molecule has 3 N–H and O–H groups in total. The van der Waals surface area contributed by atoms with E-state index >= 15 is 0 Å². The first-order valence-corrected chi connectivity index (χ1v) is 13.6. The lowest BCUT2D eigenvalue weighted by molar-refractivity contribution is -0.139. The molecule has 7 nitrogen and oxygen atoms in total. The summed E-state index contributed by atoms with van der Waals surface area (Å²) in [6, 6.07) is 13.2. The highest BCUT2D eigenvalue weighted by molar-refractivity contribution is 8.24. The average Bonchev–Trinajstić information content (AvgIpc) is 2.92. The van der Waals surface area contributed by atoms with Crippen molar-refractivity contribution in [2.24, 2.45) is 5.41 Å². The summed E-state index contributed by atoms with van der Waals surface area (Å²) in [6.45, 7) is 4.41. The summed E-state index contributed by atoms with van der Waals surface area (Å²) in [5.74, 6) is -0.314. The normalized spacial score (nSPS) is 17.4. The highest BCUT2D eigenvalue weighted by atomic mass is 32.3. The second-order valence-electron chi connectivity index (χ2n) is 9.09. The minimum absolute atomic E-state index is 0.186. The fraction of sp³-hybridized carbons (Fsp3) is 0.500. The van der Waals surface area contributed by atoms with Crippen molar-refractivity contribution in [3.63, 3.8) is 0 Å². The first-order chi connectivity index (χ1) is 16.2. The number of hydrogen-bond donors (Lipinski definition) is 3. The van der Waals surface area contributed by atoms with Gasteiger partial charge in [0.2, 0.25) is 0 Å². The molecule has 1 aliphatic heterocycles. The SMILES string of the molecule is CCCCC1(CCCC)CN(c2ccccc2)c2cc(OC)c(OCC(=O)O)cc2S(O)(O)C1. The maximum Gasteiger partial charge on any atom is 0.341 e. The van der Waals surface area contributed by atoms with E-state index in [-0.39, 0.29) is 16.9 Å². The molecule has 0 fully saturated rings. The molecule has 2 aromatic carbocycles. The van der Waals surface area contributed by atoms with Crippen LogP contribution in [0.4, 0.5) is 11.4 Å². The van der Waals surface area contributed by atoms with Crippen molar-refractivity contribution in [2.75, 3.05) is 30.9 Å². The van der Waals surface area contributed by atoms with Crippen LogP contribution in [-0.2, 0) is 4.79 Å². The molecule has 3 rings (SSSR count). The van der Waals surface area contributed by atoms with E-state index in [1.54, 1.807) is 12.1 Å². The number of fused-ring (bicyclic) bond motifs is 1. The van der Waals surface area contributed by atoms with Crippen LogP contribution in [0.1, 0.15) is 52.4 Å². The number of benzene rings is 2. The molecule has 0 bridgehead atoms. The first kappa shape index (κ1) is 26.2. The van der Waals surface area contributed by atoms with Gasteiger partial charge in [-0.3, -0.25) is 9.11 Å². The molecule has 0 amide bonds. The number of para-hydroxylation sites is 1. The zero-order chi connectivity index (χ0) is 24.8. The molecule has 0 aliphatic carbocycles. The number of carbonyl (C=O) groups is 1. The second kappa shape index (κ2) is 11.3. The Balaban J connectivity index is 2.20. The Labute approximate surface area is 204 Å². The van der Waals surface area contributed by atoms with Crippen molar-refractivity contribution in [1.82, 2.24) is 0 Å². The molecule has 34 heavy (non-hydrogen) atoms. The van der Waals surface area contributed by atoms with E-state index in [9.17, 15) is 13.9 Å². The van der Waals surface area contributed by atoms with Gasteiger partial charge in [-0.25, -0.2) is 4.79 Å². The molecule has 2 aromatic rings. The van der Waals surface area contributed by atoms with Crippen LogP contribution in [0.5, 0.6) is 11.5 Å². The summed E-state index contributed by atoms with van der Waals surface area (Å²) >= 11 is 0. The van der Waals surface area contributed by atoms with Gasteiger partial charge in [-0.05, 0) is 25.0 Å². The number of hydrogen-bond acceptors (Lipinski definition) is 6. The van der Waals surface area contributed by atoms with Gasteiger partial charge in [0.25, 0.3) is 0 Å². The van der Waals surface area contributed by atoms with E-state index < -0.39 is 23.2 Å². The lowest BCUT2D eigenvalue weighted by atomic mass is 9.79. The van der Waals surface area contributed by atoms with E-state index in [1.807, 2.05) is 30.3 Å². The van der Waals surface area contributed by atoms with E-state index in [1.165, 1.54) is 7.11 Å². The molecule has 1 aliphatic rings. The van der Waals surface area contributed by atoms with E-state index in [4.69, 9.17) is 14.6 Å². The lowest BCUT2D eigenvalue weighted by Crippen LogP contribution is -2.37. The standard InChI is InChI=1S/C26H37NO6S/c1-4-6-13-26(14-7-5-2)18-27(20-11-9-8-10-12-20)21-15-22(32-3)23(33-17-25(28)29)16-24(21)34(30,31)19-26/h8-12,15-16,30-31H,4-7,13-14,17-19H2,1-3H3,(H,28,29). The Hall–Kier alpha value is -2.42. The minimum atomic E-state index is -3.20. The smallest absolute Gasteiger partial charge is 0.341 e. The second-order valence-corrected chi connectivity index (χ2v) is 11.2. The summed E-state index contributed by atoms with van der Waals surface area (Å²) in [7, 11) is -1.71. The molecule has 0 aromatic heterocycles. The summed E-state index contributed by atoms with van der Waals surface area (Å²) in [4.78, 5) is 13.6. The number of carboxylic acids is 1. The molecule has 188 valence electrons. The van der Waals surface area contributed by atoms with Crippen LogP contribution in [0.15, 0.2) is 47.4 Å². The van der Waals surface area contributed by atoms with Crippen molar-refractivity contribution in [1.29, 1.82) is 0 Å². The van der Waals surface area contributed by atoms with Crippen molar-refractivity contribution in [3.05, 3.63) is 42.5 Å². The van der Waals surface area contributed by atoms with Gasteiger partial charge in [0.1, 0.15) is 0 Å². The maximum atomic E-state index is 11.6. The fourth-order valence-electron chi connectivity index (χ4n) is 4.76. The third kappa shape index (κ3) is 5.98. The van der Waals surface area contributed by atoms with Gasteiger partial charge in [0.15, 0.2) is 18.1 Å². The van der Waals surface area contributed by atoms with Crippen molar-refractivity contribution in [3.8, 4) is 11.5 Å². The van der Waals surface area contributed by atoms with E-state index in [0.29, 0.717) is 22.9 Å². The monoisotopic (exact) mass is 491 g/mol. The van der Waals surface area contributed by atoms with Gasteiger partial charge in [0, 0.05) is 35.5 Å². The molecule has 0 atom stereocenters. The molecule has 0 saturated heterocycles. The number of rotatable bonds is 11. The predicted molar refractivity (Wildman–Crippen MR) is 137 cm³/mol. The largest absolute Gasteiger partial charge is 0.493 e. The molecular formula is C26H37NO6S. The van der Waals surface area contributed by atoms with Crippen molar-refractivity contribution >= 4 is 27.9 Å². The number of aliphatic carboxylic acids is 1. The number of carboxylic acid groups (broad SMARTS) is 1. The van der Waals surface area contributed by atoms with Crippen LogP contribution in [-0.4, -0.2) is 46.2 Å². The van der Waals surface area contributed by atoms with Crippen LogP contribution in [0.3, 0.4) is 0 Å². The van der Waals surface area contributed by atoms with Crippen LogP contribution in [0.2, 0.25) is 0 Å². The molecule has 0 radical (unpaired) electrons. The summed E-state index contributed by atoms with van der Waals surface area (Å²) in [6.07, 6.45) is 5.88. The molecule has 0 saturated carbocycles. The van der Waals surface area contributed by atoms with Crippen molar-refractivity contribution in [2.45, 2.75) is 57.3 Å². The molecule has 0 unspecified atom stereocenters. The zero-order valence-electron chi connectivity index (χ0n) is 20.3. The van der Waals surface area contributed by atoms with Crippen LogP contribution in [0, 0.1) is 5.41 Å². The average molecular weight is 492 g/mol. The summed E-state index contributed by atoms with van der Waals surface area (Å²) in [5.41, 5.74) is 1.33. The lowest BCUT2D eigenvalue weighted by Gasteiger charge is -2.42. The highest BCUT2D eigenvalue weighted by Gasteiger charge is 2.42. The van der Waals surface area contributed by atoms with Crippen molar-refractivity contribution < 1.29 is 28.5 Å². The summed E-state index contributed by atoms with van der Waals surface area (Å²) in [5, 5.41) is 9.08. The van der Waals surface area contributed by atoms with Gasteiger partial charge >= 0.3 is 5.97 Å². The zero-order valence-corrected chi connectivity index (χ0v) is 21.1. The van der Waals surface area contributed by atoms with Crippen LogP contribution in [0.25, 0.3) is 0 Å². The number of ether oxygens (including phenoxy) is 2. The van der Waals surface area contributed by atoms with E-state index in [0.717, 1.165) is 44.2 Å². The summed E-state index contributed by atoms with van der Waals surface area (Å²) < 4.78 is 34.1. The molecule has 1 heterocycles. The maximum absolute atomic E-state index is 11.6. The van der Waals surface area contributed by atoms with Crippen LogP contribution >= 0.6 is 10.6 Å². The van der Waals surface area contributed by atoms with Gasteiger partial charge in [-0.1, -0.05) is 57.7 Å². The van der Waals surface area contributed by atoms with Crippen LogP contribution < -0.4 is 14.4 Å². The number of unbranched alkanes of at least 4 members (excludes halogenated alkanes) is 2. The highest BCUT2D eigenvalue weighted by Crippen LogP contribution is 2.62. The predicted octanol–water partition coefficient (Wildman–Crippen LogP) is 6.79. The Morgan fingerprint density at radius 3 is 2.26 bits per heavy atom. The number of nitrogens with zero attached hydrogens (tertiary/aromatic N) is 1. The Bertz CT molecular complexity index is 957. The quantitative estimate of drug-likeness (QED) is 0.318. The topological polar surface area (TPSA) is 99.5 Å². The number of methoxy groups -OCH3 is 1. The minimum Gasteiger partial charge on any atom is -0.493 e. The Kier molecular flexibility index (Phi) is 8.73.